The van der Waals surface area contributed by atoms with E-state index in [0.29, 0.717) is 16.3 Å². The smallest absolute Gasteiger partial charge is 0.265 e. The van der Waals surface area contributed by atoms with E-state index in [-0.39, 0.29) is 11.8 Å². The molecule has 1 aromatic carbocycles. The number of anilines is 2. The summed E-state index contributed by atoms with van der Waals surface area (Å²) in [4.78, 5) is 24.1. The fraction of sp³-hybridized carbons (Fsp3) is 0.143. The Labute approximate surface area is 143 Å². The van der Waals surface area contributed by atoms with Gasteiger partial charge in [0.2, 0.25) is 5.91 Å². The number of halogens is 2. The summed E-state index contributed by atoms with van der Waals surface area (Å²) in [6.45, 7) is 3.35. The molecule has 0 saturated heterocycles. The summed E-state index contributed by atoms with van der Waals surface area (Å²) in [6.07, 6.45) is 0. The van der Waals surface area contributed by atoms with Crippen molar-refractivity contribution in [3.05, 3.63) is 43.0 Å². The SMILES string of the molecule is CC(=O)Nc1ccc(C)cc1NC(=O)c1cc(Br)c(Br)s1. The molecule has 1 aromatic heterocycles. The summed E-state index contributed by atoms with van der Waals surface area (Å²) in [5.74, 6) is -0.403. The molecular weight excluding hydrogens is 420 g/mol. The number of carbonyl (C=O) groups excluding carboxylic acids is 2. The van der Waals surface area contributed by atoms with Crippen molar-refractivity contribution in [3.8, 4) is 0 Å². The highest BCUT2D eigenvalue weighted by Gasteiger charge is 2.14. The largest absolute Gasteiger partial charge is 0.325 e. The van der Waals surface area contributed by atoms with Crippen LogP contribution in [0.3, 0.4) is 0 Å². The monoisotopic (exact) mass is 430 g/mol. The number of aryl methyl sites for hydroxylation is 1. The van der Waals surface area contributed by atoms with Crippen molar-refractivity contribution in [3.63, 3.8) is 0 Å². The van der Waals surface area contributed by atoms with E-state index < -0.39 is 0 Å². The number of carbonyl (C=O) groups is 2. The van der Waals surface area contributed by atoms with Gasteiger partial charge in [0, 0.05) is 11.4 Å². The summed E-state index contributed by atoms with van der Waals surface area (Å²) < 4.78 is 1.70. The Balaban J connectivity index is 2.27. The molecule has 2 aromatic rings. The lowest BCUT2D eigenvalue weighted by Gasteiger charge is -2.11. The summed E-state index contributed by atoms with van der Waals surface area (Å²) in [5, 5.41) is 5.53. The normalized spacial score (nSPS) is 10.3. The number of hydrogen-bond acceptors (Lipinski definition) is 3. The van der Waals surface area contributed by atoms with Gasteiger partial charge in [-0.3, -0.25) is 9.59 Å². The van der Waals surface area contributed by atoms with Crippen LogP contribution in [0.15, 0.2) is 32.5 Å². The van der Waals surface area contributed by atoms with Crippen LogP contribution < -0.4 is 10.6 Å². The molecule has 0 radical (unpaired) electrons. The number of thiophene rings is 1. The molecule has 0 aliphatic carbocycles. The number of rotatable bonds is 3. The summed E-state index contributed by atoms with van der Waals surface area (Å²) in [5.41, 5.74) is 2.15. The van der Waals surface area contributed by atoms with E-state index in [9.17, 15) is 9.59 Å². The topological polar surface area (TPSA) is 58.2 Å². The second kappa shape index (κ2) is 6.72. The third kappa shape index (κ3) is 4.15. The second-order valence-corrected chi connectivity index (χ2v) is 7.64. The first-order valence-corrected chi connectivity index (χ1v) is 8.41. The Morgan fingerprint density at radius 2 is 1.81 bits per heavy atom. The maximum atomic E-state index is 12.3. The second-order valence-electron chi connectivity index (χ2n) is 4.42. The number of hydrogen-bond donors (Lipinski definition) is 2. The van der Waals surface area contributed by atoms with Crippen molar-refractivity contribution in [2.24, 2.45) is 0 Å². The van der Waals surface area contributed by atoms with E-state index in [4.69, 9.17) is 0 Å². The number of benzene rings is 1. The predicted molar refractivity (Wildman–Crippen MR) is 93.2 cm³/mol. The molecule has 7 heteroatoms. The first-order chi connectivity index (χ1) is 9.86. The van der Waals surface area contributed by atoms with Gasteiger partial charge in [0.25, 0.3) is 5.91 Å². The molecule has 0 spiro atoms. The molecule has 110 valence electrons. The Kier molecular flexibility index (Phi) is 5.18. The first-order valence-electron chi connectivity index (χ1n) is 6.01. The van der Waals surface area contributed by atoms with Crippen LogP contribution >= 0.6 is 43.2 Å². The van der Waals surface area contributed by atoms with Gasteiger partial charge < -0.3 is 10.6 Å². The summed E-state index contributed by atoms with van der Waals surface area (Å²) in [6, 6.07) is 7.21. The van der Waals surface area contributed by atoms with Crippen LogP contribution in [0.2, 0.25) is 0 Å². The average molecular weight is 432 g/mol. The standard InChI is InChI=1S/C14H12Br2N2O2S/c1-7-3-4-10(17-8(2)19)11(5-7)18-14(20)12-6-9(15)13(16)21-12/h3-6H,1-2H3,(H,17,19)(H,18,20). The molecule has 0 atom stereocenters. The Morgan fingerprint density at radius 1 is 1.10 bits per heavy atom. The van der Waals surface area contributed by atoms with Crippen LogP contribution in [0.1, 0.15) is 22.2 Å². The molecule has 0 aliphatic heterocycles. The number of amides is 2. The minimum absolute atomic E-state index is 0.184. The molecule has 1 heterocycles. The quantitative estimate of drug-likeness (QED) is 0.733. The van der Waals surface area contributed by atoms with E-state index in [1.54, 1.807) is 12.1 Å². The minimum atomic E-state index is -0.219. The van der Waals surface area contributed by atoms with Gasteiger partial charge in [-0.1, -0.05) is 6.07 Å². The molecule has 4 nitrogen and oxygen atoms in total. The molecular formula is C14H12Br2N2O2S. The molecule has 21 heavy (non-hydrogen) atoms. The Hall–Kier alpha value is -1.18. The molecule has 0 bridgehead atoms. The van der Waals surface area contributed by atoms with Gasteiger partial charge in [-0.15, -0.1) is 11.3 Å². The van der Waals surface area contributed by atoms with Crippen LogP contribution in [0.5, 0.6) is 0 Å². The van der Waals surface area contributed by atoms with E-state index in [1.165, 1.54) is 18.3 Å². The van der Waals surface area contributed by atoms with E-state index in [0.717, 1.165) is 13.8 Å². The lowest BCUT2D eigenvalue weighted by molar-refractivity contribution is -0.114. The van der Waals surface area contributed by atoms with Gasteiger partial charge in [0.15, 0.2) is 0 Å². The zero-order valence-corrected chi connectivity index (χ0v) is 15.3. The third-order valence-corrected chi connectivity index (χ3v) is 5.86. The van der Waals surface area contributed by atoms with Crippen molar-refractivity contribution >= 4 is 66.4 Å². The average Bonchev–Trinajstić information content (AvgIpc) is 2.73. The minimum Gasteiger partial charge on any atom is -0.325 e. The van der Waals surface area contributed by atoms with Gasteiger partial charge >= 0.3 is 0 Å². The lowest BCUT2D eigenvalue weighted by Crippen LogP contribution is -2.14. The molecule has 2 amide bonds. The Bertz CT molecular complexity index is 693. The fourth-order valence-corrected chi connectivity index (χ4v) is 3.63. The van der Waals surface area contributed by atoms with Crippen molar-refractivity contribution < 1.29 is 9.59 Å². The highest BCUT2D eigenvalue weighted by atomic mass is 79.9. The van der Waals surface area contributed by atoms with E-state index in [1.807, 2.05) is 19.1 Å². The lowest BCUT2D eigenvalue weighted by atomic mass is 10.2. The van der Waals surface area contributed by atoms with Crippen molar-refractivity contribution in [2.75, 3.05) is 10.6 Å². The van der Waals surface area contributed by atoms with Gasteiger partial charge in [-0.05, 0) is 62.5 Å². The highest BCUT2D eigenvalue weighted by Crippen LogP contribution is 2.33. The van der Waals surface area contributed by atoms with Gasteiger partial charge in [-0.2, -0.15) is 0 Å². The maximum Gasteiger partial charge on any atom is 0.265 e. The van der Waals surface area contributed by atoms with E-state index in [2.05, 4.69) is 42.5 Å². The molecule has 2 rings (SSSR count). The third-order valence-electron chi connectivity index (χ3n) is 2.60. The van der Waals surface area contributed by atoms with E-state index >= 15 is 0 Å². The zero-order valence-electron chi connectivity index (χ0n) is 11.3. The zero-order chi connectivity index (χ0) is 15.6. The fourth-order valence-electron chi connectivity index (χ4n) is 1.70. The predicted octanol–water partition coefficient (Wildman–Crippen LogP) is 4.79. The van der Waals surface area contributed by atoms with Crippen LogP contribution in [0, 0.1) is 6.92 Å². The molecule has 0 aliphatic rings. The Morgan fingerprint density at radius 3 is 2.38 bits per heavy atom. The maximum absolute atomic E-state index is 12.3. The van der Waals surface area contributed by atoms with Gasteiger partial charge in [-0.25, -0.2) is 0 Å². The van der Waals surface area contributed by atoms with Gasteiger partial charge in [0.05, 0.1) is 20.0 Å². The summed E-state index contributed by atoms with van der Waals surface area (Å²) in [7, 11) is 0. The van der Waals surface area contributed by atoms with Crippen LogP contribution in [-0.4, -0.2) is 11.8 Å². The van der Waals surface area contributed by atoms with Crippen molar-refractivity contribution in [1.29, 1.82) is 0 Å². The van der Waals surface area contributed by atoms with Crippen LogP contribution in [-0.2, 0) is 4.79 Å². The van der Waals surface area contributed by atoms with Crippen molar-refractivity contribution in [1.82, 2.24) is 0 Å². The molecule has 2 N–H and O–H groups in total. The molecule has 0 saturated carbocycles. The number of nitrogens with one attached hydrogen (secondary N) is 2. The van der Waals surface area contributed by atoms with Gasteiger partial charge in [0.1, 0.15) is 0 Å². The molecule has 0 fully saturated rings. The summed E-state index contributed by atoms with van der Waals surface area (Å²) >= 11 is 8.05. The van der Waals surface area contributed by atoms with Crippen LogP contribution in [0.4, 0.5) is 11.4 Å². The molecule has 0 unspecified atom stereocenters. The first kappa shape index (κ1) is 16.2. The highest BCUT2D eigenvalue weighted by molar-refractivity contribution is 9.13. The van der Waals surface area contributed by atoms with Crippen LogP contribution in [0.25, 0.3) is 0 Å². The van der Waals surface area contributed by atoms with Crippen molar-refractivity contribution in [2.45, 2.75) is 13.8 Å².